The molecule has 0 saturated heterocycles. The van der Waals surface area contributed by atoms with Crippen molar-refractivity contribution >= 4 is 47.2 Å². The normalized spacial score (nSPS) is 11.3. The average molecular weight is 532 g/mol. The number of carbonyl (C=O) groups is 1. The van der Waals surface area contributed by atoms with Gasteiger partial charge in [-0.25, -0.2) is 0 Å². The summed E-state index contributed by atoms with van der Waals surface area (Å²) in [4.78, 5) is 19.5. The summed E-state index contributed by atoms with van der Waals surface area (Å²) in [5.74, 6) is 1.24. The van der Waals surface area contributed by atoms with Crippen LogP contribution in [-0.2, 0) is 13.6 Å². The van der Waals surface area contributed by atoms with Gasteiger partial charge in [0.05, 0.1) is 10.6 Å². The topological polar surface area (TPSA) is 74.6 Å². The summed E-state index contributed by atoms with van der Waals surface area (Å²) in [6, 6.07) is 3.72. The Balaban J connectivity index is 0.00000420. The van der Waals surface area contributed by atoms with Crippen LogP contribution in [0.3, 0.4) is 0 Å². The molecule has 29 heavy (non-hydrogen) atoms. The minimum Gasteiger partial charge on any atom is -0.357 e. The maximum Gasteiger partial charge on any atom is 0.261 e. The number of carbonyl (C=O) groups excluding carboxylic acids is 1. The van der Waals surface area contributed by atoms with Crippen molar-refractivity contribution in [2.75, 3.05) is 26.7 Å². The fourth-order valence-corrected chi connectivity index (χ4v) is 3.56. The van der Waals surface area contributed by atoms with Gasteiger partial charge in [-0.3, -0.25) is 14.5 Å². The van der Waals surface area contributed by atoms with Gasteiger partial charge in [-0.1, -0.05) is 19.9 Å². The van der Waals surface area contributed by atoms with Crippen LogP contribution in [0.4, 0.5) is 0 Å². The van der Waals surface area contributed by atoms with E-state index in [-0.39, 0.29) is 29.9 Å². The Morgan fingerprint density at radius 2 is 2.14 bits per heavy atom. The first-order valence-electron chi connectivity index (χ1n) is 9.76. The first kappa shape index (κ1) is 25.4. The van der Waals surface area contributed by atoms with Gasteiger partial charge in [-0.15, -0.1) is 35.3 Å². The van der Waals surface area contributed by atoms with Gasteiger partial charge in [-0.2, -0.15) is 5.10 Å². The lowest BCUT2D eigenvalue weighted by molar-refractivity contribution is 0.0957. The number of halogens is 1. The molecule has 0 aromatic carbocycles. The van der Waals surface area contributed by atoms with E-state index < -0.39 is 0 Å². The third-order valence-electron chi connectivity index (χ3n) is 4.21. The second-order valence-electron chi connectivity index (χ2n) is 7.05. The Hall–Kier alpha value is -1.62. The molecular formula is C20H33IN6OS. The van der Waals surface area contributed by atoms with Gasteiger partial charge < -0.3 is 15.5 Å². The second-order valence-corrected chi connectivity index (χ2v) is 7.99. The van der Waals surface area contributed by atoms with Crippen LogP contribution in [0.25, 0.3) is 0 Å². The van der Waals surface area contributed by atoms with Gasteiger partial charge in [0, 0.05) is 52.0 Å². The van der Waals surface area contributed by atoms with Crippen LogP contribution in [0.1, 0.15) is 54.0 Å². The molecule has 0 aliphatic heterocycles. The van der Waals surface area contributed by atoms with Crippen LogP contribution >= 0.6 is 35.3 Å². The van der Waals surface area contributed by atoms with Crippen molar-refractivity contribution in [1.82, 2.24) is 25.3 Å². The molecule has 2 aromatic rings. The number of hydrogen-bond acceptors (Lipinski definition) is 4. The number of rotatable bonds is 9. The van der Waals surface area contributed by atoms with Crippen LogP contribution < -0.4 is 10.6 Å². The fraction of sp³-hybridized carbons (Fsp3) is 0.550. The van der Waals surface area contributed by atoms with Crippen LogP contribution in [0.15, 0.2) is 28.7 Å². The number of guanidine groups is 1. The summed E-state index contributed by atoms with van der Waals surface area (Å²) in [6.45, 7) is 9.22. The predicted octanol–water partition coefficient (Wildman–Crippen LogP) is 3.44. The minimum atomic E-state index is -0.0132. The highest BCUT2D eigenvalue weighted by molar-refractivity contribution is 14.0. The number of amides is 1. The molecule has 1 amide bonds. The van der Waals surface area contributed by atoms with Crippen LogP contribution in [-0.4, -0.2) is 53.2 Å². The second kappa shape index (κ2) is 12.8. The number of aliphatic imine (C=N–C) groups is 1. The molecular weight excluding hydrogens is 499 g/mol. The largest absolute Gasteiger partial charge is 0.357 e. The molecule has 0 spiro atoms. The van der Waals surface area contributed by atoms with Crippen molar-refractivity contribution in [1.29, 1.82) is 0 Å². The molecule has 0 saturated carbocycles. The quantitative estimate of drug-likeness (QED) is 0.225. The van der Waals surface area contributed by atoms with E-state index in [4.69, 9.17) is 4.99 Å². The van der Waals surface area contributed by atoms with Crippen molar-refractivity contribution in [3.8, 4) is 0 Å². The lowest BCUT2D eigenvalue weighted by Gasteiger charge is -2.22. The Bertz CT molecular complexity index is 772. The highest BCUT2D eigenvalue weighted by atomic mass is 127. The van der Waals surface area contributed by atoms with E-state index in [1.807, 2.05) is 36.3 Å². The maximum atomic E-state index is 11.9. The van der Waals surface area contributed by atoms with Gasteiger partial charge in [0.1, 0.15) is 0 Å². The van der Waals surface area contributed by atoms with Crippen molar-refractivity contribution < 1.29 is 4.79 Å². The molecule has 0 radical (unpaired) electrons. The zero-order valence-electron chi connectivity index (χ0n) is 17.9. The zero-order valence-corrected chi connectivity index (χ0v) is 21.1. The maximum absolute atomic E-state index is 11.9. The molecule has 2 rings (SSSR count). The highest BCUT2D eigenvalue weighted by Gasteiger charge is 2.15. The summed E-state index contributed by atoms with van der Waals surface area (Å²) < 4.78 is 1.87. The van der Waals surface area contributed by atoms with Crippen LogP contribution in [0.5, 0.6) is 0 Å². The predicted molar refractivity (Wildman–Crippen MR) is 131 cm³/mol. The molecule has 2 heterocycles. The molecule has 0 aliphatic carbocycles. The highest BCUT2D eigenvalue weighted by Crippen LogP contribution is 2.18. The number of aryl methyl sites for hydroxylation is 1. The standard InChI is InChI=1S/C20H32N6OS.HI/c1-6-21-20(23-11-8-10-22-19(27)17-9-7-12-28-17)25(4)13-16-14-26(5)24-18(16)15(2)3;/h7,9,12,14-15H,6,8,10-11,13H2,1-5H3,(H,21,23)(H,22,27);1H. The molecule has 9 heteroatoms. The molecule has 2 N–H and O–H groups in total. The first-order chi connectivity index (χ1) is 13.4. The molecule has 7 nitrogen and oxygen atoms in total. The smallest absolute Gasteiger partial charge is 0.261 e. The summed E-state index contributed by atoms with van der Waals surface area (Å²) in [7, 11) is 4.00. The van der Waals surface area contributed by atoms with Gasteiger partial charge in [-0.05, 0) is 30.7 Å². The molecule has 0 bridgehead atoms. The van der Waals surface area contributed by atoms with Gasteiger partial charge in [0.15, 0.2) is 5.96 Å². The number of hydrogen-bond donors (Lipinski definition) is 2. The van der Waals surface area contributed by atoms with Crippen molar-refractivity contribution in [3.05, 3.63) is 39.8 Å². The lowest BCUT2D eigenvalue weighted by atomic mass is 10.1. The van der Waals surface area contributed by atoms with E-state index in [1.165, 1.54) is 16.9 Å². The summed E-state index contributed by atoms with van der Waals surface area (Å²) in [5.41, 5.74) is 2.34. The molecule has 0 fully saturated rings. The monoisotopic (exact) mass is 532 g/mol. The van der Waals surface area contributed by atoms with E-state index >= 15 is 0 Å². The SMILES string of the molecule is CCNC(=NCCCNC(=O)c1cccs1)N(C)Cc1cn(C)nc1C(C)C.I. The molecule has 162 valence electrons. The number of thiophene rings is 1. The lowest BCUT2D eigenvalue weighted by Crippen LogP contribution is -2.38. The zero-order chi connectivity index (χ0) is 20.5. The van der Waals surface area contributed by atoms with Gasteiger partial charge in [0.25, 0.3) is 5.91 Å². The first-order valence-corrected chi connectivity index (χ1v) is 10.6. The Labute approximate surface area is 195 Å². The molecule has 0 unspecified atom stereocenters. The fourth-order valence-electron chi connectivity index (χ4n) is 2.92. The van der Waals surface area contributed by atoms with Gasteiger partial charge in [0.2, 0.25) is 0 Å². The van der Waals surface area contributed by atoms with E-state index in [1.54, 1.807) is 0 Å². The molecule has 0 aliphatic rings. The van der Waals surface area contributed by atoms with E-state index in [2.05, 4.69) is 47.6 Å². The van der Waals surface area contributed by atoms with Crippen molar-refractivity contribution in [3.63, 3.8) is 0 Å². The summed E-state index contributed by atoms with van der Waals surface area (Å²) in [6.07, 6.45) is 2.87. The van der Waals surface area contributed by atoms with Crippen LogP contribution in [0, 0.1) is 0 Å². The molecule has 0 atom stereocenters. The minimum absolute atomic E-state index is 0. The molecule has 2 aromatic heterocycles. The third-order valence-corrected chi connectivity index (χ3v) is 5.08. The summed E-state index contributed by atoms with van der Waals surface area (Å²) in [5, 5.41) is 12.8. The van der Waals surface area contributed by atoms with Crippen LogP contribution in [0.2, 0.25) is 0 Å². The van der Waals surface area contributed by atoms with E-state index in [9.17, 15) is 4.79 Å². The Morgan fingerprint density at radius 1 is 1.38 bits per heavy atom. The van der Waals surface area contributed by atoms with E-state index in [0.717, 1.165) is 36.0 Å². The van der Waals surface area contributed by atoms with Crippen molar-refractivity contribution in [2.24, 2.45) is 12.0 Å². The number of nitrogens with one attached hydrogen (secondary N) is 2. The summed E-state index contributed by atoms with van der Waals surface area (Å²) >= 11 is 1.45. The Morgan fingerprint density at radius 3 is 2.76 bits per heavy atom. The number of aromatic nitrogens is 2. The van der Waals surface area contributed by atoms with Crippen molar-refractivity contribution in [2.45, 2.75) is 39.7 Å². The average Bonchev–Trinajstić information content (AvgIpc) is 3.30. The third kappa shape index (κ3) is 7.96. The van der Waals surface area contributed by atoms with E-state index in [0.29, 0.717) is 19.0 Å². The Kier molecular flexibility index (Phi) is 11.3. The number of nitrogens with zero attached hydrogens (tertiary/aromatic N) is 4. The van der Waals surface area contributed by atoms with Gasteiger partial charge >= 0.3 is 0 Å².